The average molecular weight is 450 g/mol. The van der Waals surface area contributed by atoms with Gasteiger partial charge in [-0.25, -0.2) is 0 Å². The fourth-order valence-electron chi connectivity index (χ4n) is 3.53. The zero-order valence-corrected chi connectivity index (χ0v) is 16.9. The van der Waals surface area contributed by atoms with Gasteiger partial charge in [0.15, 0.2) is 0 Å². The lowest BCUT2D eigenvalue weighted by Gasteiger charge is -2.29. The fourth-order valence-corrected chi connectivity index (χ4v) is 3.94. The van der Waals surface area contributed by atoms with Crippen LogP contribution >= 0.6 is 23.2 Å². The highest BCUT2D eigenvalue weighted by atomic mass is 35.5. The first-order chi connectivity index (χ1) is 13.7. The second-order valence-electron chi connectivity index (χ2n) is 7.19. The predicted octanol–water partition coefficient (Wildman–Crippen LogP) is 4.69. The Kier molecular flexibility index (Phi) is 6.76. The van der Waals surface area contributed by atoms with Crippen LogP contribution in [0.4, 0.5) is 13.2 Å². The van der Waals surface area contributed by atoms with Gasteiger partial charge in [0.05, 0.1) is 27.8 Å². The molecule has 1 saturated carbocycles. The lowest BCUT2D eigenvalue weighted by atomic mass is 9.86. The number of aromatic nitrogens is 2. The van der Waals surface area contributed by atoms with Gasteiger partial charge in [-0.1, -0.05) is 23.2 Å². The lowest BCUT2D eigenvalue weighted by molar-refractivity contribution is -0.137. The molecule has 0 radical (unpaired) electrons. The summed E-state index contributed by atoms with van der Waals surface area (Å²) >= 11 is 11.9. The number of alkyl halides is 3. The van der Waals surface area contributed by atoms with Gasteiger partial charge in [0.1, 0.15) is 5.69 Å². The summed E-state index contributed by atoms with van der Waals surface area (Å²) in [5.41, 5.74) is -0.646. The number of amides is 1. The van der Waals surface area contributed by atoms with Gasteiger partial charge in [0.2, 0.25) is 0 Å². The van der Waals surface area contributed by atoms with E-state index in [9.17, 15) is 18.0 Å². The topological polar surface area (TPSA) is 67.2 Å². The van der Waals surface area contributed by atoms with Crippen LogP contribution in [0.5, 0.6) is 0 Å². The summed E-state index contributed by atoms with van der Waals surface area (Å²) in [7, 11) is 0. The Labute approximate surface area is 175 Å². The van der Waals surface area contributed by atoms with E-state index in [4.69, 9.17) is 28.3 Å². The second kappa shape index (κ2) is 8.93. The standard InChI is InChI=1S/C19H20Cl2F3N3O2/c20-15-6-3-12(19(22,23)24)7-14(15)18(29)25-13-4-1-11(2-5-13)8-27-9-16(21)17(10-28)26-27/h3,6-7,9,11,13,28H,1-2,4-5,8,10H2,(H,25,29)/t11-,13-. The molecule has 1 aromatic carbocycles. The van der Waals surface area contributed by atoms with Gasteiger partial charge in [-0.05, 0) is 49.8 Å². The van der Waals surface area contributed by atoms with E-state index in [-0.39, 0.29) is 23.2 Å². The van der Waals surface area contributed by atoms with Crippen molar-refractivity contribution in [1.29, 1.82) is 0 Å². The van der Waals surface area contributed by atoms with Crippen molar-refractivity contribution < 1.29 is 23.1 Å². The highest BCUT2D eigenvalue weighted by molar-refractivity contribution is 6.33. The van der Waals surface area contributed by atoms with Crippen molar-refractivity contribution in [2.75, 3.05) is 0 Å². The summed E-state index contributed by atoms with van der Waals surface area (Å²) < 4.78 is 40.4. The van der Waals surface area contributed by atoms with Gasteiger partial charge in [-0.2, -0.15) is 18.3 Å². The van der Waals surface area contributed by atoms with E-state index in [0.717, 1.165) is 31.0 Å². The summed E-state index contributed by atoms with van der Waals surface area (Å²) in [6.07, 6.45) is 0.198. The smallest absolute Gasteiger partial charge is 0.390 e. The van der Waals surface area contributed by atoms with Crippen molar-refractivity contribution in [3.8, 4) is 0 Å². The molecule has 2 N–H and O–H groups in total. The first-order valence-corrected chi connectivity index (χ1v) is 9.93. The van der Waals surface area contributed by atoms with Crippen LogP contribution in [0.2, 0.25) is 10.0 Å². The second-order valence-corrected chi connectivity index (χ2v) is 8.00. The number of hydrogen-bond acceptors (Lipinski definition) is 3. The van der Waals surface area contributed by atoms with Crippen LogP contribution in [0.15, 0.2) is 24.4 Å². The van der Waals surface area contributed by atoms with Crippen LogP contribution in [-0.4, -0.2) is 26.8 Å². The minimum atomic E-state index is -4.54. The van der Waals surface area contributed by atoms with Gasteiger partial charge < -0.3 is 10.4 Å². The van der Waals surface area contributed by atoms with Gasteiger partial charge >= 0.3 is 6.18 Å². The molecule has 3 rings (SSSR count). The average Bonchev–Trinajstić information content (AvgIpc) is 3.02. The Morgan fingerprint density at radius 3 is 2.48 bits per heavy atom. The Hall–Kier alpha value is -1.77. The SMILES string of the molecule is O=C(N[C@H]1CC[C@H](Cn2cc(Cl)c(CO)n2)CC1)c1cc(C(F)(F)F)ccc1Cl. The minimum absolute atomic E-state index is 0.0144. The van der Waals surface area contributed by atoms with E-state index < -0.39 is 17.6 Å². The molecule has 158 valence electrons. The number of aliphatic hydroxyl groups is 1. The molecule has 29 heavy (non-hydrogen) atoms. The molecule has 0 atom stereocenters. The number of nitrogens with zero attached hydrogens (tertiary/aromatic N) is 2. The van der Waals surface area contributed by atoms with Gasteiger partial charge in [0.25, 0.3) is 5.91 Å². The largest absolute Gasteiger partial charge is 0.416 e. The summed E-state index contributed by atoms with van der Waals surface area (Å²) in [5.74, 6) is -0.265. The molecule has 0 bridgehead atoms. The van der Waals surface area contributed by atoms with Crippen LogP contribution in [0.3, 0.4) is 0 Å². The Bertz CT molecular complexity index is 878. The molecule has 1 aliphatic carbocycles. The van der Waals surface area contributed by atoms with E-state index in [1.807, 2.05) is 0 Å². The number of hydrogen-bond donors (Lipinski definition) is 2. The minimum Gasteiger partial charge on any atom is -0.390 e. The maximum Gasteiger partial charge on any atom is 0.416 e. The van der Waals surface area contributed by atoms with Crippen molar-refractivity contribution in [2.45, 2.75) is 51.1 Å². The molecule has 1 heterocycles. The quantitative estimate of drug-likeness (QED) is 0.695. The monoisotopic (exact) mass is 449 g/mol. The van der Waals surface area contributed by atoms with Crippen LogP contribution in [0, 0.1) is 5.92 Å². The predicted molar refractivity (Wildman–Crippen MR) is 103 cm³/mol. The molecular formula is C19H20Cl2F3N3O2. The molecule has 0 saturated heterocycles. The van der Waals surface area contributed by atoms with E-state index in [2.05, 4.69) is 10.4 Å². The maximum absolute atomic E-state index is 12.9. The molecule has 1 aromatic heterocycles. The van der Waals surface area contributed by atoms with E-state index in [0.29, 0.717) is 36.0 Å². The van der Waals surface area contributed by atoms with Crippen molar-refractivity contribution in [3.63, 3.8) is 0 Å². The first-order valence-electron chi connectivity index (χ1n) is 9.17. The zero-order chi connectivity index (χ0) is 21.2. The van der Waals surface area contributed by atoms with Crippen LogP contribution in [0.1, 0.15) is 47.3 Å². The third-order valence-electron chi connectivity index (χ3n) is 5.10. The van der Waals surface area contributed by atoms with Crippen molar-refractivity contribution in [1.82, 2.24) is 15.1 Å². The van der Waals surface area contributed by atoms with Crippen LogP contribution < -0.4 is 5.32 Å². The number of carbonyl (C=O) groups excluding carboxylic acids is 1. The Morgan fingerprint density at radius 1 is 1.21 bits per heavy atom. The molecule has 0 aliphatic heterocycles. The van der Waals surface area contributed by atoms with E-state index in [1.54, 1.807) is 10.9 Å². The molecule has 1 amide bonds. The number of nitrogens with one attached hydrogen (secondary N) is 1. The third kappa shape index (κ3) is 5.43. The van der Waals surface area contributed by atoms with Gasteiger partial charge in [-0.15, -0.1) is 0 Å². The highest BCUT2D eigenvalue weighted by Crippen LogP contribution is 2.32. The fraction of sp³-hybridized carbons (Fsp3) is 0.474. The van der Waals surface area contributed by atoms with E-state index in [1.165, 1.54) is 0 Å². The molecule has 1 aliphatic rings. The third-order valence-corrected chi connectivity index (χ3v) is 5.75. The lowest BCUT2D eigenvalue weighted by Crippen LogP contribution is -2.38. The number of aliphatic hydroxyl groups excluding tert-OH is 1. The van der Waals surface area contributed by atoms with Crippen LogP contribution in [0.25, 0.3) is 0 Å². The number of halogens is 5. The number of carbonyl (C=O) groups is 1. The highest BCUT2D eigenvalue weighted by Gasteiger charge is 2.32. The molecule has 0 spiro atoms. The Balaban J connectivity index is 1.56. The summed E-state index contributed by atoms with van der Waals surface area (Å²) in [6, 6.07) is 2.60. The normalized spacial score (nSPS) is 19.9. The molecule has 2 aromatic rings. The number of rotatable bonds is 5. The molecule has 10 heteroatoms. The number of benzene rings is 1. The molecule has 0 unspecified atom stereocenters. The molecule has 5 nitrogen and oxygen atoms in total. The summed E-state index contributed by atoms with van der Waals surface area (Å²) in [4.78, 5) is 12.4. The summed E-state index contributed by atoms with van der Waals surface area (Å²) in [6.45, 7) is 0.433. The first kappa shape index (κ1) is 21.9. The van der Waals surface area contributed by atoms with Crippen molar-refractivity contribution >= 4 is 29.1 Å². The Morgan fingerprint density at radius 2 is 1.90 bits per heavy atom. The van der Waals surface area contributed by atoms with Gasteiger partial charge in [0, 0.05) is 18.8 Å². The molecule has 1 fully saturated rings. The zero-order valence-electron chi connectivity index (χ0n) is 15.3. The molecular weight excluding hydrogens is 430 g/mol. The van der Waals surface area contributed by atoms with E-state index >= 15 is 0 Å². The van der Waals surface area contributed by atoms with Crippen molar-refractivity contribution in [2.24, 2.45) is 5.92 Å². The van der Waals surface area contributed by atoms with Gasteiger partial charge in [-0.3, -0.25) is 9.48 Å². The maximum atomic E-state index is 12.9. The summed E-state index contributed by atoms with van der Waals surface area (Å²) in [5, 5.41) is 16.6. The van der Waals surface area contributed by atoms with Crippen molar-refractivity contribution in [3.05, 3.63) is 51.3 Å². The van der Waals surface area contributed by atoms with Crippen LogP contribution in [-0.2, 0) is 19.3 Å².